The van der Waals surface area contributed by atoms with Crippen molar-refractivity contribution in [1.29, 1.82) is 5.26 Å². The maximum absolute atomic E-state index is 13.2. The van der Waals surface area contributed by atoms with Crippen molar-refractivity contribution >= 4 is 57.2 Å². The van der Waals surface area contributed by atoms with Crippen LogP contribution in [0.3, 0.4) is 0 Å². The van der Waals surface area contributed by atoms with Crippen molar-refractivity contribution in [2.45, 2.75) is 43.4 Å². The number of Topliss-reactive ketones (excluding diaryl/α,β-unsaturated/α-hetero) is 1. The summed E-state index contributed by atoms with van der Waals surface area (Å²) in [4.78, 5) is 27.5. The number of amides is 1. The molecule has 1 unspecified atom stereocenters. The third kappa shape index (κ3) is 5.43. The van der Waals surface area contributed by atoms with Crippen molar-refractivity contribution in [3.05, 3.63) is 86.8 Å². The SMILES string of the molecule is Cc1ccc(NC(=O)CSc2nnc(N3C(N)=C(C#N)C(c4cccc(Cl)c4)C4=C3CCCC4=O)s2)c(C)c1. The van der Waals surface area contributed by atoms with Gasteiger partial charge in [0.1, 0.15) is 5.82 Å². The molecule has 39 heavy (non-hydrogen) atoms. The van der Waals surface area contributed by atoms with Gasteiger partial charge in [-0.3, -0.25) is 14.5 Å². The molecule has 198 valence electrons. The van der Waals surface area contributed by atoms with Crippen LogP contribution >= 0.6 is 34.7 Å². The van der Waals surface area contributed by atoms with Crippen LogP contribution in [0.5, 0.6) is 0 Å². The minimum Gasteiger partial charge on any atom is -0.384 e. The van der Waals surface area contributed by atoms with E-state index in [0.717, 1.165) is 28.1 Å². The zero-order valence-electron chi connectivity index (χ0n) is 21.3. The molecule has 2 heterocycles. The molecule has 1 atom stereocenters. The lowest BCUT2D eigenvalue weighted by Gasteiger charge is -2.38. The van der Waals surface area contributed by atoms with E-state index in [9.17, 15) is 14.9 Å². The fourth-order valence-electron chi connectivity index (χ4n) is 4.94. The average molecular weight is 577 g/mol. The van der Waals surface area contributed by atoms with Gasteiger partial charge in [0.15, 0.2) is 10.1 Å². The van der Waals surface area contributed by atoms with Crippen LogP contribution in [-0.4, -0.2) is 27.6 Å². The van der Waals surface area contributed by atoms with Crippen molar-refractivity contribution in [1.82, 2.24) is 10.2 Å². The summed E-state index contributed by atoms with van der Waals surface area (Å²) in [5, 5.41) is 22.6. The summed E-state index contributed by atoms with van der Waals surface area (Å²) in [6, 6.07) is 15.3. The first-order valence-corrected chi connectivity index (χ1v) is 14.5. The number of carbonyl (C=O) groups is 2. The van der Waals surface area contributed by atoms with E-state index >= 15 is 0 Å². The summed E-state index contributed by atoms with van der Waals surface area (Å²) in [7, 11) is 0. The first kappa shape index (κ1) is 26.9. The number of anilines is 2. The van der Waals surface area contributed by atoms with Crippen molar-refractivity contribution in [3.8, 4) is 6.07 Å². The number of aromatic nitrogens is 2. The Kier molecular flexibility index (Phi) is 7.75. The molecule has 2 aliphatic rings. The lowest BCUT2D eigenvalue weighted by molar-refractivity contribution is -0.116. The Morgan fingerprint density at radius 1 is 1.26 bits per heavy atom. The highest BCUT2D eigenvalue weighted by Gasteiger charge is 2.41. The second kappa shape index (κ2) is 11.2. The maximum Gasteiger partial charge on any atom is 0.234 e. The summed E-state index contributed by atoms with van der Waals surface area (Å²) >= 11 is 8.78. The Balaban J connectivity index is 1.41. The Morgan fingerprint density at radius 2 is 2.08 bits per heavy atom. The number of nitriles is 1. The van der Waals surface area contributed by atoms with Crippen LogP contribution in [0.25, 0.3) is 0 Å². The van der Waals surface area contributed by atoms with Crippen LogP contribution in [0.15, 0.2) is 69.5 Å². The number of nitrogens with two attached hydrogens (primary N) is 1. The number of nitrogens with one attached hydrogen (secondary N) is 1. The van der Waals surface area contributed by atoms with Crippen molar-refractivity contribution < 1.29 is 9.59 Å². The van der Waals surface area contributed by atoms with Gasteiger partial charge in [-0.15, -0.1) is 10.2 Å². The van der Waals surface area contributed by atoms with E-state index in [2.05, 4.69) is 21.6 Å². The number of carbonyl (C=O) groups excluding carboxylic acids is 2. The first-order chi connectivity index (χ1) is 18.8. The van der Waals surface area contributed by atoms with Gasteiger partial charge in [-0.05, 0) is 56.0 Å². The Bertz CT molecular complexity index is 1590. The molecule has 1 aliphatic carbocycles. The Hall–Kier alpha value is -3.65. The van der Waals surface area contributed by atoms with E-state index in [4.69, 9.17) is 17.3 Å². The number of nitrogens with zero attached hydrogens (tertiary/aromatic N) is 4. The zero-order valence-corrected chi connectivity index (χ0v) is 23.7. The molecule has 0 bridgehead atoms. The number of hydrogen-bond acceptors (Lipinski definition) is 9. The number of aryl methyl sites for hydroxylation is 2. The predicted molar refractivity (Wildman–Crippen MR) is 155 cm³/mol. The smallest absolute Gasteiger partial charge is 0.234 e. The lowest BCUT2D eigenvalue weighted by Crippen LogP contribution is -2.38. The van der Waals surface area contributed by atoms with Crippen molar-refractivity contribution in [3.63, 3.8) is 0 Å². The number of hydrogen-bond donors (Lipinski definition) is 2. The molecule has 1 amide bonds. The quantitative estimate of drug-likeness (QED) is 0.350. The molecule has 1 aliphatic heterocycles. The normalized spacial score (nSPS) is 17.2. The largest absolute Gasteiger partial charge is 0.384 e. The highest BCUT2D eigenvalue weighted by atomic mass is 35.5. The second-order valence-corrected chi connectivity index (χ2v) is 12.0. The van der Waals surface area contributed by atoms with Crippen LogP contribution < -0.4 is 16.0 Å². The van der Waals surface area contributed by atoms with Crippen LogP contribution in [0.2, 0.25) is 5.02 Å². The van der Waals surface area contributed by atoms with Gasteiger partial charge in [0, 0.05) is 28.4 Å². The molecule has 0 fully saturated rings. The number of benzene rings is 2. The molecule has 3 aromatic rings. The zero-order chi connectivity index (χ0) is 27.7. The third-order valence-corrected chi connectivity index (χ3v) is 8.94. The number of ketones is 1. The Morgan fingerprint density at radius 3 is 2.82 bits per heavy atom. The summed E-state index contributed by atoms with van der Waals surface area (Å²) in [5.74, 6) is -0.395. The monoisotopic (exact) mass is 576 g/mol. The third-order valence-electron chi connectivity index (χ3n) is 6.67. The van der Waals surface area contributed by atoms with Crippen LogP contribution in [0, 0.1) is 25.2 Å². The van der Waals surface area contributed by atoms with Gasteiger partial charge in [-0.2, -0.15) is 5.26 Å². The molecule has 0 saturated heterocycles. The van der Waals surface area contributed by atoms with Gasteiger partial charge in [0.25, 0.3) is 0 Å². The summed E-state index contributed by atoms with van der Waals surface area (Å²) in [5.41, 5.74) is 11.8. The molecule has 0 saturated carbocycles. The van der Waals surface area contributed by atoms with Crippen LogP contribution in [-0.2, 0) is 9.59 Å². The minimum atomic E-state index is -0.594. The fourth-order valence-corrected chi connectivity index (χ4v) is 6.82. The molecule has 11 heteroatoms. The van der Waals surface area contributed by atoms with Gasteiger partial charge in [0.05, 0.1) is 23.3 Å². The number of rotatable bonds is 6. The molecule has 3 N–H and O–H groups in total. The van der Waals surface area contributed by atoms with Gasteiger partial charge in [-0.1, -0.05) is 64.5 Å². The molecule has 1 aromatic heterocycles. The van der Waals surface area contributed by atoms with E-state index in [1.54, 1.807) is 23.1 Å². The number of allylic oxidation sites excluding steroid dienone is 3. The fraction of sp³-hybridized carbons (Fsp3) is 0.250. The van der Waals surface area contributed by atoms with Gasteiger partial charge in [-0.25, -0.2) is 0 Å². The van der Waals surface area contributed by atoms with E-state index < -0.39 is 5.92 Å². The predicted octanol–water partition coefficient (Wildman–Crippen LogP) is 5.84. The van der Waals surface area contributed by atoms with E-state index in [1.165, 1.54) is 23.1 Å². The van der Waals surface area contributed by atoms with Crippen molar-refractivity contribution in [2.24, 2.45) is 5.73 Å². The van der Waals surface area contributed by atoms with Gasteiger partial charge in [0.2, 0.25) is 11.0 Å². The average Bonchev–Trinajstić information content (AvgIpc) is 3.37. The lowest BCUT2D eigenvalue weighted by atomic mass is 9.76. The minimum absolute atomic E-state index is 0.0198. The maximum atomic E-state index is 13.2. The van der Waals surface area contributed by atoms with E-state index in [1.807, 2.05) is 38.1 Å². The van der Waals surface area contributed by atoms with Crippen LogP contribution in [0.1, 0.15) is 41.9 Å². The molecule has 5 rings (SSSR count). The molecule has 0 radical (unpaired) electrons. The van der Waals surface area contributed by atoms with Gasteiger partial charge < -0.3 is 11.1 Å². The summed E-state index contributed by atoms with van der Waals surface area (Å²) in [6.45, 7) is 3.96. The van der Waals surface area contributed by atoms with Crippen molar-refractivity contribution in [2.75, 3.05) is 16.0 Å². The van der Waals surface area contributed by atoms with Crippen LogP contribution in [0.4, 0.5) is 10.8 Å². The summed E-state index contributed by atoms with van der Waals surface area (Å²) < 4.78 is 0.577. The van der Waals surface area contributed by atoms with E-state index in [-0.39, 0.29) is 28.8 Å². The Labute approximate surface area is 239 Å². The second-order valence-electron chi connectivity index (χ2n) is 9.38. The summed E-state index contributed by atoms with van der Waals surface area (Å²) in [6.07, 6.45) is 1.68. The van der Waals surface area contributed by atoms with E-state index in [0.29, 0.717) is 39.3 Å². The highest BCUT2D eigenvalue weighted by Crippen LogP contribution is 2.47. The number of halogens is 1. The topological polar surface area (TPSA) is 125 Å². The first-order valence-electron chi connectivity index (χ1n) is 12.3. The molecule has 8 nitrogen and oxygen atoms in total. The molecular weight excluding hydrogens is 552 g/mol. The molecular formula is C28H25ClN6O2S2. The number of thioether (sulfide) groups is 1. The standard InChI is InChI=1S/C28H25ClN6O2S2/c1-15-9-10-20(16(2)11-15)32-23(37)14-38-28-34-33-27(39-28)35-21-7-4-8-22(36)25(21)24(19(13-30)26(35)31)17-5-3-6-18(29)12-17/h3,5-6,9-12,24H,4,7-8,14,31H2,1-2H3,(H,32,37). The highest BCUT2D eigenvalue weighted by molar-refractivity contribution is 8.01. The molecule has 0 spiro atoms. The molecule has 2 aromatic carbocycles. The van der Waals surface area contributed by atoms with Gasteiger partial charge >= 0.3 is 0 Å².